The molecule has 0 saturated carbocycles. The minimum absolute atomic E-state index is 0.488. The van der Waals surface area contributed by atoms with Gasteiger partial charge in [-0.2, -0.15) is 0 Å². The number of nitrogens with one attached hydrogen (secondary N) is 1. The quantitative estimate of drug-likeness (QED) is 0.878. The maximum Gasteiger partial charge on any atom is 0.0939 e. The van der Waals surface area contributed by atoms with Gasteiger partial charge in [-0.1, -0.05) is 33.6 Å². The van der Waals surface area contributed by atoms with Gasteiger partial charge in [0.2, 0.25) is 0 Å². The maximum absolute atomic E-state index is 9.71. The van der Waals surface area contributed by atoms with Crippen molar-refractivity contribution < 1.29 is 5.11 Å². The first-order chi connectivity index (χ1) is 6.16. The lowest BCUT2D eigenvalue weighted by Crippen LogP contribution is -2.17. The van der Waals surface area contributed by atoms with Crippen LogP contribution in [-0.4, -0.2) is 18.7 Å². The Bertz CT molecular complexity index is 273. The molecule has 0 fully saturated rings. The Morgan fingerprint density at radius 3 is 2.85 bits per heavy atom. The Hall–Kier alpha value is -0.0900. The maximum atomic E-state index is 9.71. The zero-order valence-corrected chi connectivity index (χ0v) is 9.56. The van der Waals surface area contributed by atoms with E-state index in [4.69, 9.17) is 11.6 Å². The first kappa shape index (κ1) is 11.0. The summed E-state index contributed by atoms with van der Waals surface area (Å²) in [6.45, 7) is 0.488. The normalized spacial score (nSPS) is 12.9. The Kier molecular flexibility index (Phi) is 4.19. The fourth-order valence-corrected chi connectivity index (χ4v) is 2.17. The van der Waals surface area contributed by atoms with Crippen LogP contribution in [0.1, 0.15) is 11.7 Å². The number of aliphatic hydroxyl groups is 1. The van der Waals surface area contributed by atoms with E-state index in [0.717, 1.165) is 10.0 Å². The standard InChI is InChI=1S/C9H11BrClNO/c1-12-5-8(13)9-6(10)3-2-4-7(9)11/h2-4,8,12-13H,5H2,1H3. The van der Waals surface area contributed by atoms with Crippen LogP contribution < -0.4 is 5.32 Å². The van der Waals surface area contributed by atoms with Gasteiger partial charge in [-0.25, -0.2) is 0 Å². The molecule has 0 aromatic heterocycles. The highest BCUT2D eigenvalue weighted by Gasteiger charge is 2.13. The van der Waals surface area contributed by atoms with Crippen LogP contribution in [-0.2, 0) is 0 Å². The van der Waals surface area contributed by atoms with Crippen LogP contribution in [0.25, 0.3) is 0 Å². The monoisotopic (exact) mass is 263 g/mol. The third-order valence-electron chi connectivity index (χ3n) is 1.73. The van der Waals surface area contributed by atoms with Crippen molar-refractivity contribution in [2.24, 2.45) is 0 Å². The predicted molar refractivity (Wildman–Crippen MR) is 58.0 cm³/mol. The van der Waals surface area contributed by atoms with Crippen LogP contribution in [0.4, 0.5) is 0 Å². The molecule has 13 heavy (non-hydrogen) atoms. The van der Waals surface area contributed by atoms with Crippen molar-refractivity contribution in [3.8, 4) is 0 Å². The van der Waals surface area contributed by atoms with Crippen LogP contribution in [0.3, 0.4) is 0 Å². The van der Waals surface area contributed by atoms with Crippen LogP contribution in [0.5, 0.6) is 0 Å². The highest BCUT2D eigenvalue weighted by molar-refractivity contribution is 9.10. The van der Waals surface area contributed by atoms with Crippen LogP contribution in [0.15, 0.2) is 22.7 Å². The van der Waals surface area contributed by atoms with Gasteiger partial charge in [-0.15, -0.1) is 0 Å². The molecule has 1 atom stereocenters. The van der Waals surface area contributed by atoms with E-state index in [9.17, 15) is 5.11 Å². The smallest absolute Gasteiger partial charge is 0.0939 e. The lowest BCUT2D eigenvalue weighted by Gasteiger charge is -2.13. The first-order valence-corrected chi connectivity index (χ1v) is 5.10. The summed E-state index contributed by atoms with van der Waals surface area (Å²) in [7, 11) is 1.79. The molecule has 0 saturated heterocycles. The second kappa shape index (κ2) is 4.96. The van der Waals surface area contributed by atoms with E-state index in [2.05, 4.69) is 21.2 Å². The molecule has 2 N–H and O–H groups in total. The lowest BCUT2D eigenvalue weighted by atomic mass is 10.1. The summed E-state index contributed by atoms with van der Waals surface area (Å²) in [6.07, 6.45) is -0.576. The molecule has 4 heteroatoms. The van der Waals surface area contributed by atoms with Crippen molar-refractivity contribution in [2.45, 2.75) is 6.10 Å². The Balaban J connectivity index is 2.98. The topological polar surface area (TPSA) is 32.3 Å². The molecule has 0 aliphatic carbocycles. The van der Waals surface area contributed by atoms with Gasteiger partial charge in [-0.05, 0) is 19.2 Å². The van der Waals surface area contributed by atoms with Gasteiger partial charge in [0, 0.05) is 21.6 Å². The summed E-state index contributed by atoms with van der Waals surface area (Å²) < 4.78 is 0.836. The van der Waals surface area contributed by atoms with Crippen molar-refractivity contribution >= 4 is 27.5 Å². The van der Waals surface area contributed by atoms with E-state index in [1.165, 1.54) is 0 Å². The van der Waals surface area contributed by atoms with Crippen LogP contribution in [0, 0.1) is 0 Å². The molecule has 1 aromatic rings. The van der Waals surface area contributed by atoms with Crippen molar-refractivity contribution in [3.05, 3.63) is 33.3 Å². The van der Waals surface area contributed by atoms with Gasteiger partial charge < -0.3 is 10.4 Å². The molecule has 0 heterocycles. The summed E-state index contributed by atoms with van der Waals surface area (Å²) in [4.78, 5) is 0. The average Bonchev–Trinajstić information content (AvgIpc) is 2.04. The Morgan fingerprint density at radius 2 is 2.31 bits per heavy atom. The number of rotatable bonds is 3. The van der Waals surface area contributed by atoms with E-state index in [-0.39, 0.29) is 0 Å². The fourth-order valence-electron chi connectivity index (χ4n) is 1.12. The number of hydrogen-bond acceptors (Lipinski definition) is 2. The number of benzene rings is 1. The van der Waals surface area contributed by atoms with E-state index < -0.39 is 6.10 Å². The van der Waals surface area contributed by atoms with Gasteiger partial charge >= 0.3 is 0 Å². The van der Waals surface area contributed by atoms with Crippen molar-refractivity contribution in [2.75, 3.05) is 13.6 Å². The van der Waals surface area contributed by atoms with Crippen molar-refractivity contribution in [3.63, 3.8) is 0 Å². The summed E-state index contributed by atoms with van der Waals surface area (Å²) in [5.41, 5.74) is 0.735. The molecule has 0 amide bonds. The summed E-state index contributed by atoms with van der Waals surface area (Å²) in [5.74, 6) is 0. The lowest BCUT2D eigenvalue weighted by molar-refractivity contribution is 0.177. The minimum atomic E-state index is -0.576. The third kappa shape index (κ3) is 2.68. The average molecular weight is 265 g/mol. The summed E-state index contributed by atoms with van der Waals surface area (Å²) in [6, 6.07) is 5.46. The zero-order chi connectivity index (χ0) is 9.84. The largest absolute Gasteiger partial charge is 0.387 e. The van der Waals surface area contributed by atoms with E-state index in [1.54, 1.807) is 13.1 Å². The molecule has 0 radical (unpaired) electrons. The van der Waals surface area contributed by atoms with Gasteiger partial charge in [0.05, 0.1) is 6.10 Å². The highest BCUT2D eigenvalue weighted by atomic mass is 79.9. The second-order valence-electron chi connectivity index (χ2n) is 2.71. The predicted octanol–water partition coefficient (Wildman–Crippen LogP) is 2.36. The molecule has 2 nitrogen and oxygen atoms in total. The van der Waals surface area contributed by atoms with E-state index >= 15 is 0 Å². The van der Waals surface area contributed by atoms with Gasteiger partial charge in [0.1, 0.15) is 0 Å². The molecule has 1 aromatic carbocycles. The molecule has 72 valence electrons. The fraction of sp³-hybridized carbons (Fsp3) is 0.333. The van der Waals surface area contributed by atoms with Crippen LogP contribution in [0.2, 0.25) is 5.02 Å². The van der Waals surface area contributed by atoms with Gasteiger partial charge in [0.15, 0.2) is 0 Å². The van der Waals surface area contributed by atoms with Crippen molar-refractivity contribution in [1.82, 2.24) is 5.32 Å². The third-order valence-corrected chi connectivity index (χ3v) is 2.75. The Labute approximate surface area is 91.0 Å². The Morgan fingerprint density at radius 1 is 1.62 bits per heavy atom. The number of hydrogen-bond donors (Lipinski definition) is 2. The number of aliphatic hydroxyl groups excluding tert-OH is 1. The van der Waals surface area contributed by atoms with Crippen molar-refractivity contribution in [1.29, 1.82) is 0 Å². The van der Waals surface area contributed by atoms with E-state index in [0.29, 0.717) is 11.6 Å². The summed E-state index contributed by atoms with van der Waals surface area (Å²) in [5, 5.41) is 13.2. The van der Waals surface area contributed by atoms with E-state index in [1.807, 2.05) is 12.1 Å². The highest BCUT2D eigenvalue weighted by Crippen LogP contribution is 2.29. The first-order valence-electron chi connectivity index (χ1n) is 3.93. The molecule has 0 aliphatic heterocycles. The summed E-state index contributed by atoms with van der Waals surface area (Å²) >= 11 is 9.29. The van der Waals surface area contributed by atoms with Gasteiger partial charge in [0.25, 0.3) is 0 Å². The molecule has 0 bridgehead atoms. The zero-order valence-electron chi connectivity index (χ0n) is 7.22. The number of halogens is 2. The van der Waals surface area contributed by atoms with Gasteiger partial charge in [-0.3, -0.25) is 0 Å². The molecule has 0 aliphatic rings. The number of likely N-dealkylation sites (N-methyl/N-ethyl adjacent to an activating group) is 1. The molecule has 0 spiro atoms. The minimum Gasteiger partial charge on any atom is -0.387 e. The second-order valence-corrected chi connectivity index (χ2v) is 3.97. The molecule has 1 unspecified atom stereocenters. The molecular weight excluding hydrogens is 253 g/mol. The van der Waals surface area contributed by atoms with Crippen LogP contribution >= 0.6 is 27.5 Å². The SMILES string of the molecule is CNCC(O)c1c(Cl)cccc1Br. The molecule has 1 rings (SSSR count). The molecular formula is C9H11BrClNO.